The number of benzene rings is 1. The largest absolute Gasteiger partial charge is 0.496 e. The molecule has 18 heavy (non-hydrogen) atoms. The molecule has 1 rings (SSSR count). The summed E-state index contributed by atoms with van der Waals surface area (Å²) in [7, 11) is 1.68. The van der Waals surface area contributed by atoms with E-state index in [0.717, 1.165) is 42.7 Å². The number of hydrogen-bond acceptors (Lipinski definition) is 3. The van der Waals surface area contributed by atoms with Gasteiger partial charge in [-0.2, -0.15) is 0 Å². The third kappa shape index (κ3) is 5.38. The minimum Gasteiger partial charge on any atom is -0.496 e. The highest BCUT2D eigenvalue weighted by atomic mass is 79.9. The van der Waals surface area contributed by atoms with Gasteiger partial charge in [-0.25, -0.2) is 0 Å². The van der Waals surface area contributed by atoms with Crippen molar-refractivity contribution in [2.75, 3.05) is 26.7 Å². The number of halogens is 1. The van der Waals surface area contributed by atoms with Gasteiger partial charge in [0.05, 0.1) is 11.6 Å². The van der Waals surface area contributed by atoms with E-state index in [9.17, 15) is 0 Å². The van der Waals surface area contributed by atoms with Crippen molar-refractivity contribution in [2.24, 2.45) is 11.7 Å². The molecule has 0 amide bonds. The second-order valence-electron chi connectivity index (χ2n) is 4.61. The first-order valence-corrected chi connectivity index (χ1v) is 7.20. The van der Waals surface area contributed by atoms with Crippen molar-refractivity contribution in [2.45, 2.75) is 19.8 Å². The van der Waals surface area contributed by atoms with Crippen molar-refractivity contribution in [1.82, 2.24) is 5.32 Å². The number of ether oxygens (including phenoxy) is 1. The zero-order valence-electron chi connectivity index (χ0n) is 11.2. The first-order chi connectivity index (χ1) is 8.67. The van der Waals surface area contributed by atoms with E-state index >= 15 is 0 Å². The van der Waals surface area contributed by atoms with Gasteiger partial charge >= 0.3 is 0 Å². The lowest BCUT2D eigenvalue weighted by molar-refractivity contribution is 0.412. The smallest absolute Gasteiger partial charge is 0.133 e. The maximum absolute atomic E-state index is 5.52. The van der Waals surface area contributed by atoms with Crippen LogP contribution in [0.25, 0.3) is 0 Å². The average Bonchev–Trinajstić information content (AvgIpc) is 2.35. The van der Waals surface area contributed by atoms with Crippen LogP contribution in [0.15, 0.2) is 22.7 Å². The topological polar surface area (TPSA) is 47.3 Å². The first kappa shape index (κ1) is 15.5. The highest BCUT2D eigenvalue weighted by Crippen LogP contribution is 2.25. The summed E-state index contributed by atoms with van der Waals surface area (Å²) >= 11 is 3.50. The predicted octanol–water partition coefficient (Wildman–Crippen LogP) is 2.57. The SMILES string of the molecule is COc1ccc(CCNCC(C)CCN)cc1Br. The van der Waals surface area contributed by atoms with Gasteiger partial charge in [-0.15, -0.1) is 0 Å². The molecule has 1 unspecified atom stereocenters. The van der Waals surface area contributed by atoms with Gasteiger partial charge in [0.25, 0.3) is 0 Å². The fourth-order valence-corrected chi connectivity index (χ4v) is 2.42. The molecule has 0 radical (unpaired) electrons. The normalized spacial score (nSPS) is 12.4. The Kier molecular flexibility index (Phi) is 7.32. The van der Waals surface area contributed by atoms with Crippen LogP contribution in [0.4, 0.5) is 0 Å². The minimum absolute atomic E-state index is 0.651. The van der Waals surface area contributed by atoms with Crippen molar-refractivity contribution in [3.05, 3.63) is 28.2 Å². The number of hydrogen-bond donors (Lipinski definition) is 2. The molecular weight excluding hydrogens is 292 g/mol. The molecule has 0 spiro atoms. The Morgan fingerprint density at radius 2 is 2.22 bits per heavy atom. The van der Waals surface area contributed by atoms with Crippen molar-refractivity contribution >= 4 is 15.9 Å². The van der Waals surface area contributed by atoms with E-state index in [1.54, 1.807) is 7.11 Å². The minimum atomic E-state index is 0.651. The first-order valence-electron chi connectivity index (χ1n) is 6.40. The third-order valence-corrected chi connectivity index (χ3v) is 3.58. The molecule has 0 aromatic heterocycles. The van der Waals surface area contributed by atoms with E-state index < -0.39 is 0 Å². The van der Waals surface area contributed by atoms with Crippen LogP contribution in [0.5, 0.6) is 5.75 Å². The lowest BCUT2D eigenvalue weighted by atomic mass is 10.1. The summed E-state index contributed by atoms with van der Waals surface area (Å²) in [5, 5.41) is 3.46. The molecule has 0 saturated carbocycles. The Bertz CT molecular complexity index is 358. The summed E-state index contributed by atoms with van der Waals surface area (Å²) in [6.45, 7) is 5.03. The Balaban J connectivity index is 2.29. The predicted molar refractivity (Wildman–Crippen MR) is 80.1 cm³/mol. The molecule has 1 aromatic carbocycles. The number of rotatable bonds is 8. The molecule has 1 atom stereocenters. The maximum atomic E-state index is 5.52. The Morgan fingerprint density at radius 3 is 2.83 bits per heavy atom. The van der Waals surface area contributed by atoms with Crippen LogP contribution in [0, 0.1) is 5.92 Å². The average molecular weight is 315 g/mol. The van der Waals surface area contributed by atoms with E-state index in [-0.39, 0.29) is 0 Å². The van der Waals surface area contributed by atoms with Crippen LogP contribution >= 0.6 is 15.9 Å². The molecule has 1 aromatic rings. The van der Waals surface area contributed by atoms with Crippen molar-refractivity contribution in [3.63, 3.8) is 0 Å². The molecule has 3 nitrogen and oxygen atoms in total. The molecule has 3 N–H and O–H groups in total. The molecule has 0 aliphatic carbocycles. The highest BCUT2D eigenvalue weighted by Gasteiger charge is 2.02. The quantitative estimate of drug-likeness (QED) is 0.725. The van der Waals surface area contributed by atoms with Crippen LogP contribution in [0.1, 0.15) is 18.9 Å². The lowest BCUT2D eigenvalue weighted by Crippen LogP contribution is -2.24. The van der Waals surface area contributed by atoms with E-state index in [2.05, 4.69) is 40.3 Å². The monoisotopic (exact) mass is 314 g/mol. The fourth-order valence-electron chi connectivity index (χ4n) is 1.83. The summed E-state index contributed by atoms with van der Waals surface area (Å²) < 4.78 is 6.22. The summed E-state index contributed by atoms with van der Waals surface area (Å²) in [6, 6.07) is 6.22. The van der Waals surface area contributed by atoms with Gasteiger partial charge in [0.15, 0.2) is 0 Å². The molecule has 0 aliphatic heterocycles. The van der Waals surface area contributed by atoms with Crippen LogP contribution in [0.3, 0.4) is 0 Å². The molecule has 0 saturated heterocycles. The van der Waals surface area contributed by atoms with Crippen LogP contribution in [0.2, 0.25) is 0 Å². The van der Waals surface area contributed by atoms with Crippen LogP contribution in [-0.4, -0.2) is 26.7 Å². The summed E-state index contributed by atoms with van der Waals surface area (Å²) in [4.78, 5) is 0. The van der Waals surface area contributed by atoms with Gasteiger partial charge < -0.3 is 15.8 Å². The second-order valence-corrected chi connectivity index (χ2v) is 5.46. The van der Waals surface area contributed by atoms with Gasteiger partial charge in [0, 0.05) is 0 Å². The summed E-state index contributed by atoms with van der Waals surface area (Å²) in [5.74, 6) is 1.53. The van der Waals surface area contributed by atoms with E-state index in [0.29, 0.717) is 5.92 Å². The lowest BCUT2D eigenvalue weighted by Gasteiger charge is -2.11. The zero-order valence-corrected chi connectivity index (χ0v) is 12.8. The number of methoxy groups -OCH3 is 1. The third-order valence-electron chi connectivity index (χ3n) is 2.96. The van der Waals surface area contributed by atoms with Crippen LogP contribution < -0.4 is 15.8 Å². The van der Waals surface area contributed by atoms with Crippen molar-refractivity contribution < 1.29 is 4.74 Å². The number of nitrogens with one attached hydrogen (secondary N) is 1. The molecule has 0 heterocycles. The van der Waals surface area contributed by atoms with Crippen LogP contribution in [-0.2, 0) is 6.42 Å². The van der Waals surface area contributed by atoms with Crippen molar-refractivity contribution in [3.8, 4) is 5.75 Å². The number of nitrogens with two attached hydrogens (primary N) is 1. The standard InChI is InChI=1S/C14H23BrN2O/c1-11(5-7-16)10-17-8-6-12-3-4-14(18-2)13(15)9-12/h3-4,9,11,17H,5-8,10,16H2,1-2H3. The van der Waals surface area contributed by atoms with Gasteiger partial charge in [-0.3, -0.25) is 0 Å². The van der Waals surface area contributed by atoms with Crippen molar-refractivity contribution in [1.29, 1.82) is 0 Å². The van der Waals surface area contributed by atoms with E-state index in [1.807, 2.05) is 6.07 Å². The Morgan fingerprint density at radius 1 is 1.44 bits per heavy atom. The Hall–Kier alpha value is -0.580. The maximum Gasteiger partial charge on any atom is 0.133 e. The zero-order chi connectivity index (χ0) is 13.4. The molecule has 0 bridgehead atoms. The molecule has 0 aliphatic rings. The molecule has 102 valence electrons. The Labute approximate surface area is 118 Å². The van der Waals surface area contributed by atoms with Gasteiger partial charge in [-0.05, 0) is 72.0 Å². The van der Waals surface area contributed by atoms with E-state index in [1.165, 1.54) is 5.56 Å². The van der Waals surface area contributed by atoms with Gasteiger partial charge in [0.2, 0.25) is 0 Å². The summed E-state index contributed by atoms with van der Waals surface area (Å²) in [6.07, 6.45) is 2.11. The molecule has 0 fully saturated rings. The second kappa shape index (κ2) is 8.51. The summed E-state index contributed by atoms with van der Waals surface area (Å²) in [5.41, 5.74) is 6.83. The molecular formula is C14H23BrN2O. The molecule has 4 heteroatoms. The highest BCUT2D eigenvalue weighted by molar-refractivity contribution is 9.10. The van der Waals surface area contributed by atoms with Gasteiger partial charge in [-0.1, -0.05) is 13.0 Å². The van der Waals surface area contributed by atoms with Gasteiger partial charge in [0.1, 0.15) is 5.75 Å². The van der Waals surface area contributed by atoms with E-state index in [4.69, 9.17) is 10.5 Å². The fraction of sp³-hybridized carbons (Fsp3) is 0.571.